The van der Waals surface area contributed by atoms with Crippen molar-refractivity contribution in [1.82, 2.24) is 20.0 Å². The van der Waals surface area contributed by atoms with E-state index in [4.69, 9.17) is 12.2 Å². The van der Waals surface area contributed by atoms with Gasteiger partial charge in [0.2, 0.25) is 17.7 Å². The number of piperazine rings is 1. The van der Waals surface area contributed by atoms with E-state index >= 15 is 0 Å². The third-order valence-electron chi connectivity index (χ3n) is 12.2. The lowest BCUT2D eigenvalue weighted by Crippen LogP contribution is -2.58. The number of nitrogens with one attached hydrogen (secondary N) is 2. The Kier molecular flexibility index (Phi) is 14.3. The van der Waals surface area contributed by atoms with Gasteiger partial charge in [-0.1, -0.05) is 25.0 Å². The molecule has 1 unspecified atom stereocenters. The van der Waals surface area contributed by atoms with Crippen LogP contribution in [0.3, 0.4) is 0 Å². The molecule has 314 valence electrons. The number of rotatable bonds is 11. The molecule has 2 aromatic carbocycles. The highest BCUT2D eigenvalue weighted by Gasteiger charge is 2.52. The number of unbranched alkanes of at least 4 members (excludes halogenated alkanes) is 1. The van der Waals surface area contributed by atoms with Crippen LogP contribution >= 0.6 is 24.6 Å². The van der Waals surface area contributed by atoms with Gasteiger partial charge in [0.25, 0.3) is 5.91 Å². The number of imide groups is 1. The number of hydrogen-bond donors (Lipinski definition) is 2. The highest BCUT2D eigenvalue weighted by atomic mass is 35.5. The number of benzene rings is 2. The Labute approximate surface area is 350 Å². The molecule has 6 rings (SSSR count). The van der Waals surface area contributed by atoms with Crippen molar-refractivity contribution in [1.29, 1.82) is 5.26 Å². The fraction of sp³-hybridized carbons (Fsp3) is 0.571. The van der Waals surface area contributed by atoms with E-state index < -0.39 is 28.8 Å². The first-order valence-corrected chi connectivity index (χ1v) is 20.4. The number of carbonyl (C=O) groups is 4. The molecular formula is C42H53ClF3N7O4S. The number of nitriles is 1. The van der Waals surface area contributed by atoms with Crippen LogP contribution < -0.4 is 15.5 Å². The third-order valence-corrected chi connectivity index (χ3v) is 12.6. The van der Waals surface area contributed by atoms with Gasteiger partial charge in [-0.15, -0.1) is 12.4 Å². The van der Waals surface area contributed by atoms with Crippen molar-refractivity contribution in [2.24, 2.45) is 5.92 Å². The molecule has 16 heteroatoms. The maximum absolute atomic E-state index is 13.7. The van der Waals surface area contributed by atoms with Crippen molar-refractivity contribution in [3.8, 4) is 6.07 Å². The summed E-state index contributed by atoms with van der Waals surface area (Å²) in [6.07, 6.45) is 2.92. The maximum atomic E-state index is 13.7. The van der Waals surface area contributed by atoms with Crippen molar-refractivity contribution < 1.29 is 32.3 Å². The highest BCUT2D eigenvalue weighted by Crippen LogP contribution is 2.41. The van der Waals surface area contributed by atoms with Crippen LogP contribution in [0.15, 0.2) is 42.5 Å². The molecule has 0 spiro atoms. The van der Waals surface area contributed by atoms with E-state index in [1.54, 1.807) is 19.9 Å². The van der Waals surface area contributed by atoms with E-state index in [2.05, 4.69) is 34.3 Å². The van der Waals surface area contributed by atoms with Crippen LogP contribution in [0, 0.1) is 17.2 Å². The molecule has 2 N–H and O–H groups in total. The molecule has 4 fully saturated rings. The molecule has 58 heavy (non-hydrogen) atoms. The van der Waals surface area contributed by atoms with Gasteiger partial charge in [0.15, 0.2) is 5.11 Å². The average molecular weight is 844 g/mol. The SMILES string of the molecule is C[C@@H]1CN(CCCCC2CCC(N3C(=S)N(c4ccc(C#N)c(C(F)(F)F)c4)C(=O)C3(C)C)CC2)C[C@H](C)N1CC(=O)Nc1cccc(C2CCC(=O)NC2=O)c1.Cl. The van der Waals surface area contributed by atoms with Crippen LogP contribution in [0.4, 0.5) is 24.5 Å². The Morgan fingerprint density at radius 2 is 1.69 bits per heavy atom. The second-order valence-corrected chi connectivity index (χ2v) is 17.0. The predicted octanol–water partition coefficient (Wildman–Crippen LogP) is 6.99. The van der Waals surface area contributed by atoms with Crippen molar-refractivity contribution >= 4 is 64.7 Å². The minimum Gasteiger partial charge on any atom is -0.331 e. The molecule has 2 aromatic rings. The molecule has 4 amide bonds. The average Bonchev–Trinajstić information content (AvgIpc) is 3.33. The van der Waals surface area contributed by atoms with Gasteiger partial charge in [-0.3, -0.25) is 34.3 Å². The second-order valence-electron chi connectivity index (χ2n) is 16.7. The molecule has 1 saturated carbocycles. The summed E-state index contributed by atoms with van der Waals surface area (Å²) in [6.45, 7) is 10.8. The maximum Gasteiger partial charge on any atom is 0.417 e. The Morgan fingerprint density at radius 3 is 2.33 bits per heavy atom. The number of anilines is 2. The van der Waals surface area contributed by atoms with Crippen LogP contribution in [0.25, 0.3) is 0 Å². The summed E-state index contributed by atoms with van der Waals surface area (Å²) in [4.78, 5) is 58.5. The molecule has 0 aromatic heterocycles. The summed E-state index contributed by atoms with van der Waals surface area (Å²) in [5.41, 5.74) is -1.19. The van der Waals surface area contributed by atoms with Crippen LogP contribution in [-0.2, 0) is 25.4 Å². The third kappa shape index (κ3) is 9.84. The Morgan fingerprint density at radius 1 is 1.00 bits per heavy atom. The minimum atomic E-state index is -4.75. The van der Waals surface area contributed by atoms with Gasteiger partial charge in [0.05, 0.1) is 35.3 Å². The quantitative estimate of drug-likeness (QED) is 0.140. The van der Waals surface area contributed by atoms with Gasteiger partial charge in [0, 0.05) is 43.3 Å². The minimum absolute atomic E-state index is 0. The first-order chi connectivity index (χ1) is 27.0. The molecular weight excluding hydrogens is 791 g/mol. The molecule has 1 aliphatic carbocycles. The van der Waals surface area contributed by atoms with Crippen LogP contribution in [-0.4, -0.2) is 93.3 Å². The fourth-order valence-corrected chi connectivity index (χ4v) is 9.85. The number of nitrogens with zero attached hydrogens (tertiary/aromatic N) is 5. The van der Waals surface area contributed by atoms with E-state index in [9.17, 15) is 37.6 Å². The van der Waals surface area contributed by atoms with Gasteiger partial charge < -0.3 is 15.1 Å². The van der Waals surface area contributed by atoms with Gasteiger partial charge in [-0.2, -0.15) is 18.4 Å². The topological polar surface area (TPSA) is 129 Å². The predicted molar refractivity (Wildman–Crippen MR) is 221 cm³/mol. The standard InChI is InChI=1S/C42H52F3N7O4S.ClH/c1-26-23-49(24-27(2)50(26)25-37(54)47-31-10-7-9-29(20-31)34-17-18-36(53)48-38(34)55)19-6-5-8-28-11-14-32(15-12-28)52-40(57)51(39(56)41(52,3)4)33-16-13-30(22-46)35(21-33)42(43,44)45;/h7,9-10,13,16,20-21,26-28,32,34H,5-6,8,11-12,14-15,17-19,23-25H2,1-4H3,(H,47,54)(H,48,53,55);1H/t26-,27+,28?,32?,34?;. The number of carbonyl (C=O) groups excluding carboxylic acids is 4. The summed E-state index contributed by atoms with van der Waals surface area (Å²) in [5, 5.41) is 14.8. The largest absolute Gasteiger partial charge is 0.417 e. The van der Waals surface area contributed by atoms with E-state index in [0.717, 1.165) is 82.3 Å². The van der Waals surface area contributed by atoms with Crippen molar-refractivity contribution in [3.63, 3.8) is 0 Å². The van der Waals surface area contributed by atoms with E-state index in [1.165, 1.54) is 11.0 Å². The molecule has 4 aliphatic rings. The van der Waals surface area contributed by atoms with Gasteiger partial charge >= 0.3 is 6.18 Å². The Bertz CT molecular complexity index is 1920. The van der Waals surface area contributed by atoms with Crippen molar-refractivity contribution in [3.05, 3.63) is 59.2 Å². The molecule has 3 atom stereocenters. The van der Waals surface area contributed by atoms with Gasteiger partial charge in [-0.25, -0.2) is 0 Å². The molecule has 3 saturated heterocycles. The fourth-order valence-electron chi connectivity index (χ4n) is 9.29. The summed E-state index contributed by atoms with van der Waals surface area (Å²) in [5.74, 6) is -0.913. The monoisotopic (exact) mass is 843 g/mol. The van der Waals surface area contributed by atoms with Gasteiger partial charge in [0.1, 0.15) is 5.54 Å². The van der Waals surface area contributed by atoms with Crippen LogP contribution in [0.1, 0.15) is 108 Å². The van der Waals surface area contributed by atoms with Gasteiger partial charge in [-0.05, 0) is 127 Å². The lowest BCUT2D eigenvalue weighted by Gasteiger charge is -2.44. The lowest BCUT2D eigenvalue weighted by atomic mass is 9.81. The second kappa shape index (κ2) is 18.4. The summed E-state index contributed by atoms with van der Waals surface area (Å²) < 4.78 is 41.2. The van der Waals surface area contributed by atoms with Crippen LogP contribution in [0.2, 0.25) is 0 Å². The Balaban J connectivity index is 0.00000641. The lowest BCUT2D eigenvalue weighted by molar-refractivity contribution is -0.138. The normalized spacial score (nSPS) is 25.6. The van der Waals surface area contributed by atoms with E-state index in [-0.39, 0.29) is 71.5 Å². The molecule has 0 bridgehead atoms. The number of hydrogen-bond acceptors (Lipinski definition) is 8. The van der Waals surface area contributed by atoms with Crippen molar-refractivity contribution in [2.75, 3.05) is 36.4 Å². The van der Waals surface area contributed by atoms with Crippen molar-refractivity contribution in [2.45, 2.75) is 121 Å². The first kappa shape index (κ1) is 45.0. The zero-order valence-electron chi connectivity index (χ0n) is 33.4. The smallest absolute Gasteiger partial charge is 0.331 e. The number of piperidine rings is 1. The zero-order chi connectivity index (χ0) is 41.2. The summed E-state index contributed by atoms with van der Waals surface area (Å²) in [6, 6.07) is 12.5. The summed E-state index contributed by atoms with van der Waals surface area (Å²) >= 11 is 5.77. The molecule has 3 heterocycles. The van der Waals surface area contributed by atoms with E-state index in [1.807, 2.05) is 29.2 Å². The first-order valence-electron chi connectivity index (χ1n) is 20.0. The molecule has 3 aliphatic heterocycles. The van der Waals surface area contributed by atoms with Crippen LogP contribution in [0.5, 0.6) is 0 Å². The zero-order valence-corrected chi connectivity index (χ0v) is 35.1. The van der Waals surface area contributed by atoms with E-state index in [0.29, 0.717) is 24.4 Å². The highest BCUT2D eigenvalue weighted by molar-refractivity contribution is 7.80. The summed E-state index contributed by atoms with van der Waals surface area (Å²) in [7, 11) is 0. The number of thiocarbonyl (C=S) groups is 1. The molecule has 11 nitrogen and oxygen atoms in total. The molecule has 0 radical (unpaired) electrons. The number of alkyl halides is 3. The number of halogens is 4. The number of amides is 4. The Hall–Kier alpha value is -4.10.